The predicted octanol–water partition coefficient (Wildman–Crippen LogP) is 3.97. The van der Waals surface area contributed by atoms with E-state index in [-0.39, 0.29) is 5.82 Å². The first-order chi connectivity index (χ1) is 12.2. The molecule has 2 aromatic carbocycles. The highest BCUT2D eigenvalue weighted by molar-refractivity contribution is 5.54. The maximum absolute atomic E-state index is 12.9. The number of aromatic nitrogens is 3. The third-order valence-corrected chi connectivity index (χ3v) is 3.81. The lowest BCUT2D eigenvalue weighted by Gasteiger charge is -2.08. The van der Waals surface area contributed by atoms with Crippen LogP contribution in [-0.2, 0) is 12.8 Å². The number of rotatable bonds is 7. The first-order valence-corrected chi connectivity index (χ1v) is 8.27. The van der Waals surface area contributed by atoms with Gasteiger partial charge in [-0.1, -0.05) is 31.2 Å². The fraction of sp³-hybridized carbons (Fsp3) is 0.211. The van der Waals surface area contributed by atoms with Crippen LogP contribution < -0.4 is 10.6 Å². The van der Waals surface area contributed by atoms with Gasteiger partial charge in [0, 0.05) is 12.2 Å². The zero-order valence-corrected chi connectivity index (χ0v) is 14.0. The molecule has 0 aliphatic heterocycles. The highest BCUT2D eigenvalue weighted by Gasteiger charge is 2.02. The molecule has 2 N–H and O–H groups in total. The Morgan fingerprint density at radius 2 is 1.68 bits per heavy atom. The van der Waals surface area contributed by atoms with E-state index in [1.165, 1.54) is 17.7 Å². The molecule has 5 nitrogen and oxygen atoms in total. The smallest absolute Gasteiger partial charge is 0.249 e. The third kappa shape index (κ3) is 4.97. The van der Waals surface area contributed by atoms with Crippen molar-refractivity contribution in [2.75, 3.05) is 17.2 Å². The second kappa shape index (κ2) is 8.19. The van der Waals surface area contributed by atoms with Gasteiger partial charge in [-0.25, -0.2) is 4.39 Å². The van der Waals surface area contributed by atoms with Gasteiger partial charge in [0.25, 0.3) is 0 Å². The maximum atomic E-state index is 12.9. The van der Waals surface area contributed by atoms with Gasteiger partial charge in [-0.2, -0.15) is 10.1 Å². The predicted molar refractivity (Wildman–Crippen MR) is 97.5 cm³/mol. The van der Waals surface area contributed by atoms with Crippen LogP contribution in [0.15, 0.2) is 54.7 Å². The number of halogens is 1. The van der Waals surface area contributed by atoms with Crippen molar-refractivity contribution in [2.45, 2.75) is 19.8 Å². The summed E-state index contributed by atoms with van der Waals surface area (Å²) in [5, 5.41) is 14.3. The molecule has 0 spiro atoms. The van der Waals surface area contributed by atoms with Crippen LogP contribution in [0.3, 0.4) is 0 Å². The average Bonchev–Trinajstić information content (AvgIpc) is 2.64. The first kappa shape index (κ1) is 16.8. The molecule has 0 unspecified atom stereocenters. The summed E-state index contributed by atoms with van der Waals surface area (Å²) in [4.78, 5) is 4.40. The Morgan fingerprint density at radius 3 is 2.40 bits per heavy atom. The number of aryl methyl sites for hydroxylation is 1. The van der Waals surface area contributed by atoms with E-state index < -0.39 is 0 Å². The molecule has 0 saturated carbocycles. The lowest BCUT2D eigenvalue weighted by Crippen LogP contribution is -2.08. The molecule has 0 bridgehead atoms. The van der Waals surface area contributed by atoms with Crippen molar-refractivity contribution in [1.82, 2.24) is 15.2 Å². The fourth-order valence-electron chi connectivity index (χ4n) is 2.38. The van der Waals surface area contributed by atoms with Crippen molar-refractivity contribution in [3.63, 3.8) is 0 Å². The third-order valence-electron chi connectivity index (χ3n) is 3.81. The molecule has 1 aromatic heterocycles. The molecule has 128 valence electrons. The molecule has 0 fully saturated rings. The number of nitrogens with zero attached hydrogens (tertiary/aromatic N) is 3. The number of hydrogen-bond acceptors (Lipinski definition) is 5. The molecule has 0 radical (unpaired) electrons. The van der Waals surface area contributed by atoms with E-state index in [4.69, 9.17) is 0 Å². The van der Waals surface area contributed by atoms with E-state index in [9.17, 15) is 4.39 Å². The minimum Gasteiger partial charge on any atom is -0.368 e. The van der Waals surface area contributed by atoms with Crippen LogP contribution in [0.5, 0.6) is 0 Å². The van der Waals surface area contributed by atoms with Crippen LogP contribution in [0, 0.1) is 5.82 Å². The lowest BCUT2D eigenvalue weighted by molar-refractivity contribution is 0.627. The Bertz CT molecular complexity index is 803. The Kier molecular flexibility index (Phi) is 5.51. The fourth-order valence-corrected chi connectivity index (χ4v) is 2.38. The summed E-state index contributed by atoms with van der Waals surface area (Å²) in [6, 6.07) is 14.6. The zero-order valence-electron chi connectivity index (χ0n) is 14.0. The number of hydrogen-bond donors (Lipinski definition) is 2. The molecule has 0 aliphatic rings. The lowest BCUT2D eigenvalue weighted by atomic mass is 10.1. The normalized spacial score (nSPS) is 10.5. The van der Waals surface area contributed by atoms with Gasteiger partial charge >= 0.3 is 0 Å². The highest BCUT2D eigenvalue weighted by atomic mass is 19.1. The molecule has 0 aliphatic carbocycles. The SMILES string of the molecule is CCc1ccc(Nc2nncc(NCCc3ccc(F)cc3)n2)cc1. The Hall–Kier alpha value is -3.02. The van der Waals surface area contributed by atoms with Gasteiger partial charge in [-0.3, -0.25) is 0 Å². The molecule has 0 atom stereocenters. The van der Waals surface area contributed by atoms with Gasteiger partial charge in [0.1, 0.15) is 5.82 Å². The monoisotopic (exact) mass is 337 g/mol. The quantitative estimate of drug-likeness (QED) is 0.683. The minimum atomic E-state index is -0.223. The second-order valence-electron chi connectivity index (χ2n) is 5.64. The first-order valence-electron chi connectivity index (χ1n) is 8.27. The van der Waals surface area contributed by atoms with Gasteiger partial charge in [-0.15, -0.1) is 5.10 Å². The molecule has 0 saturated heterocycles. The molecular formula is C19H20FN5. The van der Waals surface area contributed by atoms with Crippen molar-refractivity contribution < 1.29 is 4.39 Å². The average molecular weight is 337 g/mol. The summed E-state index contributed by atoms with van der Waals surface area (Å²) in [7, 11) is 0. The van der Waals surface area contributed by atoms with Gasteiger partial charge < -0.3 is 10.6 Å². The van der Waals surface area contributed by atoms with Gasteiger partial charge in [0.15, 0.2) is 5.82 Å². The Labute approximate surface area is 146 Å². The summed E-state index contributed by atoms with van der Waals surface area (Å²) in [6.07, 6.45) is 3.35. The van der Waals surface area contributed by atoms with Crippen molar-refractivity contribution in [3.05, 3.63) is 71.7 Å². The Balaban J connectivity index is 1.56. The van der Waals surface area contributed by atoms with E-state index in [0.29, 0.717) is 18.3 Å². The zero-order chi connectivity index (χ0) is 17.5. The molecule has 3 rings (SSSR count). The Morgan fingerprint density at radius 1 is 0.960 bits per heavy atom. The summed E-state index contributed by atoms with van der Waals surface area (Å²) in [5.41, 5.74) is 3.26. The van der Waals surface area contributed by atoms with E-state index in [2.05, 4.69) is 44.9 Å². The number of benzene rings is 2. The molecule has 0 amide bonds. The van der Waals surface area contributed by atoms with E-state index >= 15 is 0 Å². The largest absolute Gasteiger partial charge is 0.368 e. The van der Waals surface area contributed by atoms with E-state index in [0.717, 1.165) is 24.1 Å². The summed E-state index contributed by atoms with van der Waals surface area (Å²) >= 11 is 0. The van der Waals surface area contributed by atoms with Crippen molar-refractivity contribution >= 4 is 17.5 Å². The molecule has 6 heteroatoms. The van der Waals surface area contributed by atoms with Crippen LogP contribution in [0.1, 0.15) is 18.1 Å². The minimum absolute atomic E-state index is 0.223. The van der Waals surface area contributed by atoms with E-state index in [1.807, 2.05) is 12.1 Å². The maximum Gasteiger partial charge on any atom is 0.249 e. The van der Waals surface area contributed by atoms with Crippen molar-refractivity contribution in [3.8, 4) is 0 Å². The van der Waals surface area contributed by atoms with Gasteiger partial charge in [0.05, 0.1) is 6.20 Å². The van der Waals surface area contributed by atoms with Crippen molar-refractivity contribution in [1.29, 1.82) is 0 Å². The van der Waals surface area contributed by atoms with Crippen LogP contribution in [0.4, 0.5) is 21.8 Å². The summed E-state index contributed by atoms with van der Waals surface area (Å²) in [6.45, 7) is 2.80. The highest BCUT2D eigenvalue weighted by Crippen LogP contribution is 2.15. The van der Waals surface area contributed by atoms with Crippen molar-refractivity contribution in [2.24, 2.45) is 0 Å². The number of anilines is 3. The molecule has 1 heterocycles. The number of nitrogens with one attached hydrogen (secondary N) is 2. The van der Waals surface area contributed by atoms with E-state index in [1.54, 1.807) is 18.3 Å². The van der Waals surface area contributed by atoms with Crippen LogP contribution in [0.25, 0.3) is 0 Å². The van der Waals surface area contributed by atoms with Crippen LogP contribution in [0.2, 0.25) is 0 Å². The molecule has 25 heavy (non-hydrogen) atoms. The van der Waals surface area contributed by atoms with Gasteiger partial charge in [0.2, 0.25) is 5.95 Å². The van der Waals surface area contributed by atoms with Gasteiger partial charge in [-0.05, 0) is 48.2 Å². The molecular weight excluding hydrogens is 317 g/mol. The summed E-state index contributed by atoms with van der Waals surface area (Å²) < 4.78 is 12.9. The standard InChI is InChI=1S/C19H20FN5/c1-2-14-5-9-17(10-6-14)23-19-24-18(13-22-25-19)21-12-11-15-3-7-16(20)8-4-15/h3-10,13H,2,11-12H2,1H3,(H2,21,23,24,25). The van der Waals surface area contributed by atoms with Crippen LogP contribution in [-0.4, -0.2) is 21.7 Å². The molecule has 3 aromatic rings. The topological polar surface area (TPSA) is 62.7 Å². The van der Waals surface area contributed by atoms with Crippen LogP contribution >= 0.6 is 0 Å². The second-order valence-corrected chi connectivity index (χ2v) is 5.64. The summed E-state index contributed by atoms with van der Waals surface area (Å²) in [5.74, 6) is 0.861.